The zero-order valence-electron chi connectivity index (χ0n) is 55.8. The van der Waals surface area contributed by atoms with E-state index in [9.17, 15) is 40.5 Å². The van der Waals surface area contributed by atoms with Gasteiger partial charge < -0.3 is 38.2 Å². The smallest absolute Gasteiger partial charge is 1.00 e. The molecule has 0 spiro atoms. The molecule has 26 nitrogen and oxygen atoms in total. The van der Waals surface area contributed by atoms with Crippen LogP contribution >= 0.6 is 15.9 Å². The van der Waals surface area contributed by atoms with Crippen LogP contribution in [0.1, 0.15) is 70.7 Å². The van der Waals surface area contributed by atoms with Crippen molar-refractivity contribution in [3.63, 3.8) is 0 Å². The van der Waals surface area contributed by atoms with Crippen LogP contribution in [0.15, 0.2) is 64.6 Å². The van der Waals surface area contributed by atoms with Gasteiger partial charge in [-0.05, 0) is 155 Å². The molecule has 0 radical (unpaired) electrons. The maximum absolute atomic E-state index is 10.7. The minimum Gasteiger partial charge on any atom is -1.00 e. The maximum Gasteiger partial charge on any atom is 1.00 e. The standard InChI is InChI=1S/C15H25N5.C11H14N2O2Si.C10H15N3O2.C8H6N2O2.C6H5BrN2O2.C5H10Si.C2H7N.CH2O3.2K.H/c1-10-14(19-15(16)17)9-12-8-11(6-7-20(2)3)4-5-13(12)18-10;1-9-11(13(14)15)7-10(8-12-9)5-6-16(2,3)4;1-8-10(13(14)15)6-9(7-11-8)4-5-12(2)3;1-3-7-4-8(10(11)12)6(2)9-5-7;1-4-6(9(10)11)2-5(7)3-8-4;1-5-6(2,3)4;1-3-2;2-1-4-3;;;/h9,11H,4-8H2,1-3H3,(H4,16,17,19);7-8H,1-4H3;6-7H,4-5H2,1-3H3;1,4-5H,2H3;2-3H,1H3;1H,2-4H3;3H,1-2H3;1,3H;;;/q;;;;;;;;2*+1;-1/p-1. The van der Waals surface area contributed by atoms with Crippen molar-refractivity contribution in [1.29, 1.82) is 0 Å². The fourth-order valence-corrected chi connectivity index (χ4v) is 7.35. The van der Waals surface area contributed by atoms with Crippen molar-refractivity contribution in [2.24, 2.45) is 22.4 Å². The number of pyridine rings is 5. The van der Waals surface area contributed by atoms with E-state index in [0.29, 0.717) is 38.4 Å². The number of fused-ring (bicyclic) bond motifs is 1. The molecule has 1 aliphatic rings. The SMILES string of the molecule is C#C[Si](C)(C)C.C#Cc1cnc(C)c([N+](=O)[O-])c1.CNC.Cc1nc2c(cc1N=C(N)N)CC(CCN(C)C)CC2.Cc1ncc(Br)cc1[N+](=O)[O-].Cc1ncc(C#C[Si](C)(C)C)cc1[N+](=O)[O-].Cc1ncc(CCN(C)C)cc1[N+](=O)[O-].O=CO[O-].[H-].[K+].[K+]. The van der Waals surface area contributed by atoms with E-state index >= 15 is 0 Å². The van der Waals surface area contributed by atoms with Crippen molar-refractivity contribution in [3.8, 4) is 35.8 Å². The van der Waals surface area contributed by atoms with Crippen molar-refractivity contribution in [2.45, 2.75) is 106 Å². The van der Waals surface area contributed by atoms with Crippen LogP contribution in [-0.2, 0) is 28.9 Å². The average Bonchev–Trinajstić information content (AvgIpc) is 1.75. The number of likely N-dealkylation sites (N-methyl/N-ethyl adjacent to an activating group) is 1. The van der Waals surface area contributed by atoms with E-state index in [0.717, 1.165) is 55.2 Å². The summed E-state index contributed by atoms with van der Waals surface area (Å²) in [7, 11) is 9.37. The minimum atomic E-state index is -1.46. The first-order valence-corrected chi connectivity index (χ1v) is 34.4. The molecule has 0 aliphatic heterocycles. The summed E-state index contributed by atoms with van der Waals surface area (Å²) in [6.07, 6.45) is 21.8. The molecule has 31 heteroatoms. The molecule has 5 aromatic rings. The largest absolute Gasteiger partial charge is 1.00 e. The summed E-state index contributed by atoms with van der Waals surface area (Å²) in [5.41, 5.74) is 24.8. The predicted molar refractivity (Wildman–Crippen MR) is 349 cm³/mol. The molecule has 1 aliphatic carbocycles. The zero-order chi connectivity index (χ0) is 67.4. The van der Waals surface area contributed by atoms with E-state index < -0.39 is 30.9 Å². The van der Waals surface area contributed by atoms with Gasteiger partial charge in [0.25, 0.3) is 29.2 Å². The number of aryl methyl sites for hydroxylation is 6. The van der Waals surface area contributed by atoms with Gasteiger partial charge in [-0.2, -0.15) is 0 Å². The molecule has 0 aromatic carbocycles. The first kappa shape index (κ1) is 90.2. The van der Waals surface area contributed by atoms with Crippen LogP contribution in [-0.4, -0.2) is 138 Å². The number of hydrogen-bond donors (Lipinski definition) is 3. The van der Waals surface area contributed by atoms with Gasteiger partial charge in [-0.15, -0.1) is 23.9 Å². The van der Waals surface area contributed by atoms with Gasteiger partial charge in [-0.1, -0.05) is 51.1 Å². The predicted octanol–water partition coefficient (Wildman–Crippen LogP) is 2.51. The molecule has 0 fully saturated rings. The zero-order valence-corrected chi connectivity index (χ0v) is 64.7. The molecule has 474 valence electrons. The van der Waals surface area contributed by atoms with Crippen molar-refractivity contribution in [1.82, 2.24) is 40.0 Å². The van der Waals surface area contributed by atoms with E-state index in [-0.39, 0.29) is 144 Å². The maximum atomic E-state index is 10.7. The van der Waals surface area contributed by atoms with Gasteiger partial charge in [0.15, 0.2) is 5.96 Å². The van der Waals surface area contributed by atoms with Gasteiger partial charge in [0.2, 0.25) is 0 Å². The van der Waals surface area contributed by atoms with Crippen molar-refractivity contribution in [2.75, 3.05) is 55.4 Å². The van der Waals surface area contributed by atoms with Gasteiger partial charge in [0, 0.05) is 76.9 Å². The van der Waals surface area contributed by atoms with E-state index in [1.54, 1.807) is 46.2 Å². The Labute approximate surface area is 620 Å². The number of rotatable bonds is 12. The number of aliphatic imine (C=N–C) groups is 1. The monoisotopic (exact) mass is 1380 g/mol. The normalized spacial score (nSPS) is 11.2. The Balaban J connectivity index is -0.000000319. The summed E-state index contributed by atoms with van der Waals surface area (Å²) in [6, 6.07) is 7.96. The van der Waals surface area contributed by atoms with E-state index in [1.165, 1.54) is 54.7 Å². The van der Waals surface area contributed by atoms with Crippen LogP contribution in [0.3, 0.4) is 0 Å². The van der Waals surface area contributed by atoms with Crippen LogP contribution in [0, 0.1) is 117 Å². The number of carbonyl (C=O) groups excluding carboxylic acids is 1. The Kier molecular flexibility index (Phi) is 48.3. The van der Waals surface area contributed by atoms with Gasteiger partial charge in [-0.25, -0.2) is 4.99 Å². The van der Waals surface area contributed by atoms with E-state index in [1.807, 2.05) is 40.0 Å². The number of nitro groups is 4. The third kappa shape index (κ3) is 41.7. The summed E-state index contributed by atoms with van der Waals surface area (Å²) in [5.74, 6) is 6.06. The topological polar surface area (TPSA) is 369 Å². The Morgan fingerprint density at radius 3 is 1.54 bits per heavy atom. The third-order valence-corrected chi connectivity index (χ3v) is 13.2. The summed E-state index contributed by atoms with van der Waals surface area (Å²) >= 11 is 3.10. The molecular formula is C58H84BrK2N15O11Si2. The molecular weight excluding hydrogens is 1300 g/mol. The summed E-state index contributed by atoms with van der Waals surface area (Å²) in [5, 5.41) is 53.3. The number of nitrogens with one attached hydrogen (secondary N) is 1. The van der Waals surface area contributed by atoms with Crippen LogP contribution in [0.5, 0.6) is 0 Å². The Bertz CT molecular complexity index is 3260. The molecule has 0 saturated carbocycles. The molecule has 6 rings (SSSR count). The average molecular weight is 1380 g/mol. The molecule has 0 saturated heterocycles. The van der Waals surface area contributed by atoms with Crippen LogP contribution < -0.4 is 125 Å². The fraction of sp³-hybridized carbons (Fsp3) is 0.431. The number of hydrogen-bond acceptors (Lipinski definition) is 20. The van der Waals surface area contributed by atoms with Crippen molar-refractivity contribution >= 4 is 72.9 Å². The molecule has 5 aromatic heterocycles. The second-order valence-corrected chi connectivity index (χ2v) is 32.1. The number of aromatic nitrogens is 5. The molecule has 5 heterocycles. The number of terminal acetylenes is 2. The number of guanidine groups is 1. The number of halogens is 1. The number of carbonyl (C=O) groups is 1. The minimum absolute atomic E-state index is 0. The van der Waals surface area contributed by atoms with E-state index in [2.05, 4.69) is 143 Å². The number of nitrogens with two attached hydrogens (primary N) is 2. The van der Waals surface area contributed by atoms with Crippen molar-refractivity contribution < 1.29 is 139 Å². The van der Waals surface area contributed by atoms with Crippen LogP contribution in [0.2, 0.25) is 39.3 Å². The summed E-state index contributed by atoms with van der Waals surface area (Å²) < 4.78 is 0.620. The van der Waals surface area contributed by atoms with E-state index in [4.69, 9.17) is 34.4 Å². The molecule has 1 unspecified atom stereocenters. The molecule has 5 N–H and O–H groups in total. The fourth-order valence-electron chi connectivity index (χ4n) is 6.51. The first-order valence-electron chi connectivity index (χ1n) is 26.7. The van der Waals surface area contributed by atoms with Crippen LogP contribution in [0.4, 0.5) is 28.4 Å². The summed E-state index contributed by atoms with van der Waals surface area (Å²) in [6.45, 7) is 23.0. The molecule has 0 bridgehead atoms. The first-order chi connectivity index (χ1) is 40.4. The third-order valence-electron chi connectivity index (χ3n) is 11.0. The Morgan fingerprint density at radius 2 is 1.15 bits per heavy atom. The van der Waals surface area contributed by atoms with Crippen LogP contribution in [0.25, 0.3) is 0 Å². The van der Waals surface area contributed by atoms with Crippen molar-refractivity contribution in [3.05, 3.63) is 156 Å². The van der Waals surface area contributed by atoms with Gasteiger partial charge >= 0.3 is 103 Å². The Hall–Kier alpha value is -5.20. The summed E-state index contributed by atoms with van der Waals surface area (Å²) in [4.78, 5) is 80.3. The quantitative estimate of drug-likeness (QED) is 0.0236. The second kappa shape index (κ2) is 47.7. The molecule has 1 atom stereocenters. The van der Waals surface area contributed by atoms with Gasteiger partial charge in [0.05, 0.1) is 31.1 Å². The molecule has 89 heavy (non-hydrogen) atoms. The van der Waals surface area contributed by atoms with Gasteiger partial charge in [-0.3, -0.25) is 70.2 Å². The second-order valence-electron chi connectivity index (χ2n) is 21.6. The number of nitrogens with zero attached hydrogens (tertiary/aromatic N) is 12. The van der Waals surface area contributed by atoms with Gasteiger partial charge in [0.1, 0.15) is 38.9 Å². The molecule has 0 amide bonds. The Morgan fingerprint density at radius 1 is 0.730 bits per heavy atom.